The third-order valence-corrected chi connectivity index (χ3v) is 5.13. The molecule has 3 heterocycles. The number of rotatable bonds is 3. The highest BCUT2D eigenvalue weighted by Gasteiger charge is 2.32. The van der Waals surface area contributed by atoms with Gasteiger partial charge in [-0.15, -0.1) is 0 Å². The van der Waals surface area contributed by atoms with Gasteiger partial charge in [-0.1, -0.05) is 12.5 Å². The van der Waals surface area contributed by atoms with Crippen LogP contribution in [-0.4, -0.2) is 38.4 Å². The van der Waals surface area contributed by atoms with Gasteiger partial charge in [0.05, 0.1) is 0 Å². The van der Waals surface area contributed by atoms with E-state index in [1.807, 2.05) is 22.9 Å². The Balaban J connectivity index is 1.51. The standard InChI is InChI=1S/C18H22N4O/c23-18(14-4-1-5-14)21-10-3-6-15(12-21)16-7-2-8-17(20-16)22-11-9-19-13-22/h2,7-9,11,13-15H,1,3-6,10,12H2/t15-/m0/s1. The molecule has 23 heavy (non-hydrogen) atoms. The lowest BCUT2D eigenvalue weighted by Crippen LogP contribution is -2.44. The summed E-state index contributed by atoms with van der Waals surface area (Å²) in [5, 5.41) is 0. The van der Waals surface area contributed by atoms with Crippen LogP contribution in [0.2, 0.25) is 0 Å². The van der Waals surface area contributed by atoms with Crippen molar-refractivity contribution in [3.63, 3.8) is 0 Å². The normalized spacial score (nSPS) is 21.9. The highest BCUT2D eigenvalue weighted by atomic mass is 16.2. The van der Waals surface area contributed by atoms with E-state index in [-0.39, 0.29) is 0 Å². The van der Waals surface area contributed by atoms with Crippen LogP contribution in [0.1, 0.15) is 43.7 Å². The summed E-state index contributed by atoms with van der Waals surface area (Å²) in [6, 6.07) is 6.12. The molecular weight excluding hydrogens is 288 g/mol. The molecule has 5 heteroatoms. The SMILES string of the molecule is O=C(C1CCC1)N1CCC[C@H](c2cccc(-n3ccnc3)n2)C1. The van der Waals surface area contributed by atoms with Gasteiger partial charge in [0.1, 0.15) is 12.1 Å². The van der Waals surface area contributed by atoms with Crippen molar-refractivity contribution in [2.45, 2.75) is 38.0 Å². The minimum absolute atomic E-state index is 0.291. The van der Waals surface area contributed by atoms with Crippen molar-refractivity contribution in [2.75, 3.05) is 13.1 Å². The van der Waals surface area contributed by atoms with E-state index >= 15 is 0 Å². The first-order valence-corrected chi connectivity index (χ1v) is 8.55. The van der Waals surface area contributed by atoms with Gasteiger partial charge in [0.15, 0.2) is 0 Å². The van der Waals surface area contributed by atoms with Crippen LogP contribution in [-0.2, 0) is 4.79 Å². The monoisotopic (exact) mass is 310 g/mol. The summed E-state index contributed by atoms with van der Waals surface area (Å²) in [5.41, 5.74) is 1.09. The van der Waals surface area contributed by atoms with Crippen molar-refractivity contribution >= 4 is 5.91 Å². The molecule has 1 aliphatic heterocycles. The first kappa shape index (κ1) is 14.4. The smallest absolute Gasteiger partial charge is 0.225 e. The molecule has 2 aromatic heterocycles. The Bertz CT molecular complexity index is 678. The fraction of sp³-hybridized carbons (Fsp3) is 0.500. The van der Waals surface area contributed by atoms with Crippen LogP contribution in [0, 0.1) is 5.92 Å². The van der Waals surface area contributed by atoms with Gasteiger partial charge in [0, 0.05) is 43.0 Å². The van der Waals surface area contributed by atoms with Crippen molar-refractivity contribution in [1.29, 1.82) is 0 Å². The molecule has 120 valence electrons. The Morgan fingerprint density at radius 3 is 2.83 bits per heavy atom. The number of hydrogen-bond acceptors (Lipinski definition) is 3. The number of piperidine rings is 1. The highest BCUT2D eigenvalue weighted by molar-refractivity contribution is 5.79. The quantitative estimate of drug-likeness (QED) is 0.876. The van der Waals surface area contributed by atoms with Crippen LogP contribution in [0.4, 0.5) is 0 Å². The molecule has 2 aliphatic rings. The summed E-state index contributed by atoms with van der Waals surface area (Å²) in [4.78, 5) is 23.5. The van der Waals surface area contributed by atoms with Gasteiger partial charge in [-0.05, 0) is 37.8 Å². The van der Waals surface area contributed by atoms with E-state index in [1.54, 1.807) is 12.5 Å². The minimum Gasteiger partial charge on any atom is -0.342 e. The Morgan fingerprint density at radius 1 is 1.17 bits per heavy atom. The van der Waals surface area contributed by atoms with Crippen molar-refractivity contribution in [2.24, 2.45) is 5.92 Å². The third-order valence-electron chi connectivity index (χ3n) is 5.13. The van der Waals surface area contributed by atoms with Gasteiger partial charge < -0.3 is 4.90 Å². The second kappa shape index (κ2) is 6.14. The van der Waals surface area contributed by atoms with E-state index < -0.39 is 0 Å². The molecule has 0 aromatic carbocycles. The second-order valence-corrected chi connectivity index (χ2v) is 6.64. The average molecular weight is 310 g/mol. The Morgan fingerprint density at radius 2 is 2.09 bits per heavy atom. The molecule has 0 unspecified atom stereocenters. The summed E-state index contributed by atoms with van der Waals surface area (Å²) in [5.74, 6) is 1.89. The summed E-state index contributed by atoms with van der Waals surface area (Å²) in [6.07, 6.45) is 11.0. The summed E-state index contributed by atoms with van der Waals surface area (Å²) in [7, 11) is 0. The van der Waals surface area contributed by atoms with Crippen LogP contribution < -0.4 is 0 Å². The molecule has 0 N–H and O–H groups in total. The largest absolute Gasteiger partial charge is 0.342 e. The second-order valence-electron chi connectivity index (χ2n) is 6.64. The Kier molecular flexibility index (Phi) is 3.85. The first-order chi connectivity index (χ1) is 11.3. The van der Waals surface area contributed by atoms with E-state index in [2.05, 4.69) is 16.0 Å². The number of nitrogens with zero attached hydrogens (tertiary/aromatic N) is 4. The zero-order valence-corrected chi connectivity index (χ0v) is 13.3. The number of carbonyl (C=O) groups excluding carboxylic acids is 1. The predicted octanol–water partition coefficient (Wildman–Crippen LogP) is 2.77. The van der Waals surface area contributed by atoms with Crippen LogP contribution in [0.3, 0.4) is 0 Å². The molecule has 2 fully saturated rings. The molecular formula is C18H22N4O. The topological polar surface area (TPSA) is 51.0 Å². The number of hydrogen-bond donors (Lipinski definition) is 0. The zero-order valence-electron chi connectivity index (χ0n) is 13.3. The Hall–Kier alpha value is -2.17. The molecule has 5 nitrogen and oxygen atoms in total. The highest BCUT2D eigenvalue weighted by Crippen LogP contribution is 2.32. The number of aromatic nitrogens is 3. The predicted molar refractivity (Wildman–Crippen MR) is 87.3 cm³/mol. The lowest BCUT2D eigenvalue weighted by molar-refractivity contribution is -0.139. The fourth-order valence-corrected chi connectivity index (χ4v) is 3.54. The first-order valence-electron chi connectivity index (χ1n) is 8.55. The maximum atomic E-state index is 12.5. The molecule has 2 aromatic rings. The summed E-state index contributed by atoms with van der Waals surface area (Å²) < 4.78 is 1.92. The van der Waals surface area contributed by atoms with Gasteiger partial charge in [0.25, 0.3) is 0 Å². The van der Waals surface area contributed by atoms with Gasteiger partial charge >= 0.3 is 0 Å². The van der Waals surface area contributed by atoms with Crippen LogP contribution >= 0.6 is 0 Å². The van der Waals surface area contributed by atoms with E-state index in [9.17, 15) is 4.79 Å². The third kappa shape index (κ3) is 2.87. The van der Waals surface area contributed by atoms with Crippen molar-refractivity contribution < 1.29 is 4.79 Å². The van der Waals surface area contributed by atoms with Crippen LogP contribution in [0.15, 0.2) is 36.9 Å². The molecule has 1 atom stereocenters. The lowest BCUT2D eigenvalue weighted by Gasteiger charge is -2.37. The van der Waals surface area contributed by atoms with E-state index in [0.29, 0.717) is 17.7 Å². The van der Waals surface area contributed by atoms with E-state index in [4.69, 9.17) is 4.98 Å². The van der Waals surface area contributed by atoms with Gasteiger partial charge in [-0.3, -0.25) is 9.36 Å². The van der Waals surface area contributed by atoms with Gasteiger partial charge in [-0.2, -0.15) is 0 Å². The van der Waals surface area contributed by atoms with Crippen molar-refractivity contribution in [3.8, 4) is 5.82 Å². The molecule has 1 aliphatic carbocycles. The maximum absolute atomic E-state index is 12.5. The van der Waals surface area contributed by atoms with Crippen molar-refractivity contribution in [1.82, 2.24) is 19.4 Å². The Labute approximate surface area is 136 Å². The van der Waals surface area contributed by atoms with Crippen LogP contribution in [0.5, 0.6) is 0 Å². The van der Waals surface area contributed by atoms with Crippen LogP contribution in [0.25, 0.3) is 5.82 Å². The number of pyridine rings is 1. The molecule has 1 saturated carbocycles. The molecule has 0 spiro atoms. The van der Waals surface area contributed by atoms with Gasteiger partial charge in [-0.25, -0.2) is 9.97 Å². The molecule has 4 rings (SSSR count). The number of imidazole rings is 1. The molecule has 1 saturated heterocycles. The average Bonchev–Trinajstić information content (AvgIpc) is 3.08. The molecule has 0 bridgehead atoms. The summed E-state index contributed by atoms with van der Waals surface area (Å²) >= 11 is 0. The lowest BCUT2D eigenvalue weighted by atomic mass is 9.83. The molecule has 0 radical (unpaired) electrons. The fourth-order valence-electron chi connectivity index (χ4n) is 3.54. The summed E-state index contributed by atoms with van der Waals surface area (Å²) in [6.45, 7) is 1.72. The van der Waals surface area contributed by atoms with E-state index in [0.717, 1.165) is 50.3 Å². The zero-order chi connectivity index (χ0) is 15.6. The van der Waals surface area contributed by atoms with E-state index in [1.165, 1.54) is 6.42 Å². The number of likely N-dealkylation sites (tertiary alicyclic amines) is 1. The minimum atomic E-state index is 0.291. The molecule has 1 amide bonds. The number of amides is 1. The maximum Gasteiger partial charge on any atom is 0.225 e. The van der Waals surface area contributed by atoms with Gasteiger partial charge in [0.2, 0.25) is 5.91 Å². The number of carbonyl (C=O) groups is 1. The van der Waals surface area contributed by atoms with Crippen molar-refractivity contribution in [3.05, 3.63) is 42.6 Å².